The average Bonchev–Trinajstić information content (AvgIpc) is 2.27. The van der Waals surface area contributed by atoms with Gasteiger partial charge in [0.05, 0.1) is 6.54 Å². The van der Waals surface area contributed by atoms with Gasteiger partial charge in [0.15, 0.2) is 0 Å². The minimum atomic E-state index is -4.04. The standard InChI is InChI=1S/C9H16F3N.2C2H6/c1-7-3-4-13(5-8(7)2)6-9(10,11)12;2*1-2/h7-8H,3-6H2,1-2H3;2*1-2H3. The Morgan fingerprint density at radius 2 is 1.47 bits per heavy atom. The molecule has 1 fully saturated rings. The van der Waals surface area contributed by atoms with Gasteiger partial charge in [0, 0.05) is 6.54 Å². The molecule has 1 saturated heterocycles. The average molecular weight is 255 g/mol. The van der Waals surface area contributed by atoms with Gasteiger partial charge in [0.1, 0.15) is 0 Å². The highest BCUT2D eigenvalue weighted by molar-refractivity contribution is 4.76. The van der Waals surface area contributed by atoms with Crippen molar-refractivity contribution in [3.63, 3.8) is 0 Å². The molecule has 2 atom stereocenters. The summed E-state index contributed by atoms with van der Waals surface area (Å²) >= 11 is 0. The first-order valence-corrected chi connectivity index (χ1v) is 6.67. The molecule has 0 aromatic rings. The topological polar surface area (TPSA) is 3.24 Å². The molecule has 2 unspecified atom stereocenters. The van der Waals surface area contributed by atoms with Gasteiger partial charge in [-0.25, -0.2) is 0 Å². The summed E-state index contributed by atoms with van der Waals surface area (Å²) in [6.07, 6.45) is -3.16. The molecule has 1 nitrogen and oxygen atoms in total. The van der Waals surface area contributed by atoms with Crippen molar-refractivity contribution in [3.8, 4) is 0 Å². The predicted molar refractivity (Wildman–Crippen MR) is 68.1 cm³/mol. The van der Waals surface area contributed by atoms with Crippen LogP contribution in [-0.4, -0.2) is 30.7 Å². The van der Waals surface area contributed by atoms with Crippen LogP contribution in [0.5, 0.6) is 0 Å². The molecule has 17 heavy (non-hydrogen) atoms. The fourth-order valence-corrected chi connectivity index (χ4v) is 1.75. The zero-order chi connectivity index (χ0) is 14.1. The minimum absolute atomic E-state index is 0.385. The largest absolute Gasteiger partial charge is 0.401 e. The molecule has 0 saturated carbocycles. The third-order valence-electron chi connectivity index (χ3n) is 2.82. The highest BCUT2D eigenvalue weighted by atomic mass is 19.4. The van der Waals surface area contributed by atoms with Crippen LogP contribution < -0.4 is 0 Å². The Balaban J connectivity index is 0. The van der Waals surface area contributed by atoms with Gasteiger partial charge in [-0.1, -0.05) is 41.5 Å². The maximum Gasteiger partial charge on any atom is 0.401 e. The number of halogens is 3. The van der Waals surface area contributed by atoms with E-state index in [1.54, 1.807) is 0 Å². The molecule has 4 heteroatoms. The molecule has 1 heterocycles. The van der Waals surface area contributed by atoms with E-state index in [1.165, 1.54) is 4.90 Å². The van der Waals surface area contributed by atoms with Gasteiger partial charge in [-0.3, -0.25) is 4.90 Å². The molecule has 1 rings (SSSR count). The highest BCUT2D eigenvalue weighted by Gasteiger charge is 2.33. The van der Waals surface area contributed by atoms with Crippen LogP contribution >= 0.6 is 0 Å². The van der Waals surface area contributed by atoms with Gasteiger partial charge in [0.2, 0.25) is 0 Å². The van der Waals surface area contributed by atoms with Crippen molar-refractivity contribution < 1.29 is 13.2 Å². The summed E-state index contributed by atoms with van der Waals surface area (Å²) < 4.78 is 36.1. The van der Waals surface area contributed by atoms with E-state index in [0.29, 0.717) is 24.9 Å². The third kappa shape index (κ3) is 9.45. The van der Waals surface area contributed by atoms with Gasteiger partial charge >= 0.3 is 6.18 Å². The first-order chi connectivity index (χ1) is 7.88. The van der Waals surface area contributed by atoms with E-state index in [9.17, 15) is 13.2 Å². The first kappa shape index (κ1) is 19.1. The van der Waals surface area contributed by atoms with Crippen LogP contribution in [0.1, 0.15) is 48.0 Å². The molecule has 0 aromatic heterocycles. The number of alkyl halides is 3. The van der Waals surface area contributed by atoms with E-state index in [2.05, 4.69) is 6.92 Å². The van der Waals surface area contributed by atoms with Crippen LogP contribution in [0.4, 0.5) is 13.2 Å². The Morgan fingerprint density at radius 3 is 1.82 bits per heavy atom. The molecule has 0 amide bonds. The monoisotopic (exact) mass is 255 g/mol. The minimum Gasteiger partial charge on any atom is -0.295 e. The second kappa shape index (κ2) is 9.75. The summed E-state index contributed by atoms with van der Waals surface area (Å²) in [5, 5.41) is 0. The molecule has 0 bridgehead atoms. The summed E-state index contributed by atoms with van der Waals surface area (Å²) in [6, 6.07) is 0. The first-order valence-electron chi connectivity index (χ1n) is 6.67. The molecule has 0 spiro atoms. The van der Waals surface area contributed by atoms with Crippen LogP contribution in [0.25, 0.3) is 0 Å². The molecule has 106 valence electrons. The number of likely N-dealkylation sites (tertiary alicyclic amines) is 1. The smallest absolute Gasteiger partial charge is 0.295 e. The van der Waals surface area contributed by atoms with Gasteiger partial charge in [0.25, 0.3) is 0 Å². The molecule has 0 aromatic carbocycles. The molecule has 0 N–H and O–H groups in total. The number of hydrogen-bond donors (Lipinski definition) is 0. The predicted octanol–water partition coefficient (Wildman–Crippen LogP) is 4.58. The SMILES string of the molecule is CC.CC.CC1CCN(CC(F)(F)F)CC1C. The zero-order valence-corrected chi connectivity index (χ0v) is 12.1. The molecule has 1 aliphatic heterocycles. The van der Waals surface area contributed by atoms with Crippen molar-refractivity contribution in [1.29, 1.82) is 0 Å². The van der Waals surface area contributed by atoms with E-state index in [1.807, 2.05) is 34.6 Å². The molecular weight excluding hydrogens is 227 g/mol. The van der Waals surface area contributed by atoms with E-state index >= 15 is 0 Å². The van der Waals surface area contributed by atoms with Crippen molar-refractivity contribution in [3.05, 3.63) is 0 Å². The molecular formula is C13H28F3N. The molecule has 0 radical (unpaired) electrons. The lowest BCUT2D eigenvalue weighted by molar-refractivity contribution is -0.150. The van der Waals surface area contributed by atoms with E-state index in [4.69, 9.17) is 0 Å². The normalized spacial score (nSPS) is 25.2. The fraction of sp³-hybridized carbons (Fsp3) is 1.00. The van der Waals surface area contributed by atoms with Crippen molar-refractivity contribution in [2.24, 2.45) is 11.8 Å². The zero-order valence-electron chi connectivity index (χ0n) is 12.1. The maximum absolute atomic E-state index is 12.0. The number of hydrogen-bond acceptors (Lipinski definition) is 1. The van der Waals surface area contributed by atoms with Crippen LogP contribution in [0.15, 0.2) is 0 Å². The van der Waals surface area contributed by atoms with Crippen molar-refractivity contribution in [2.75, 3.05) is 19.6 Å². The van der Waals surface area contributed by atoms with E-state index in [-0.39, 0.29) is 0 Å². The Hall–Kier alpha value is -0.250. The van der Waals surface area contributed by atoms with Crippen LogP contribution in [0.2, 0.25) is 0 Å². The quantitative estimate of drug-likeness (QED) is 0.663. The summed E-state index contributed by atoms with van der Waals surface area (Å²) in [5.74, 6) is 0.945. The lowest BCUT2D eigenvalue weighted by Crippen LogP contribution is -2.43. The fourth-order valence-electron chi connectivity index (χ4n) is 1.75. The Kier molecular flexibility index (Phi) is 10.9. The highest BCUT2D eigenvalue weighted by Crippen LogP contribution is 2.25. The molecule has 0 aliphatic carbocycles. The summed E-state index contributed by atoms with van der Waals surface area (Å²) in [7, 11) is 0. The summed E-state index contributed by atoms with van der Waals surface area (Å²) in [6.45, 7) is 12.6. The maximum atomic E-state index is 12.0. The van der Waals surface area contributed by atoms with Crippen LogP contribution in [-0.2, 0) is 0 Å². The van der Waals surface area contributed by atoms with Gasteiger partial charge in [-0.15, -0.1) is 0 Å². The Bertz CT molecular complexity index is 169. The Labute approximate surface area is 104 Å². The number of rotatable bonds is 1. The molecule has 1 aliphatic rings. The second-order valence-corrected chi connectivity index (χ2v) is 4.09. The van der Waals surface area contributed by atoms with Crippen LogP contribution in [0.3, 0.4) is 0 Å². The van der Waals surface area contributed by atoms with Gasteiger partial charge in [-0.2, -0.15) is 13.2 Å². The van der Waals surface area contributed by atoms with Gasteiger partial charge in [-0.05, 0) is 24.8 Å². The second-order valence-electron chi connectivity index (χ2n) is 4.09. The number of piperidine rings is 1. The number of nitrogens with zero attached hydrogens (tertiary/aromatic N) is 1. The van der Waals surface area contributed by atoms with Crippen molar-refractivity contribution in [2.45, 2.75) is 54.1 Å². The van der Waals surface area contributed by atoms with E-state index < -0.39 is 12.7 Å². The van der Waals surface area contributed by atoms with Crippen LogP contribution in [0, 0.1) is 11.8 Å². The summed E-state index contributed by atoms with van der Waals surface area (Å²) in [4.78, 5) is 1.50. The summed E-state index contributed by atoms with van der Waals surface area (Å²) in [5.41, 5.74) is 0. The lowest BCUT2D eigenvalue weighted by Gasteiger charge is -2.35. The Morgan fingerprint density at radius 1 is 1.00 bits per heavy atom. The van der Waals surface area contributed by atoms with E-state index in [0.717, 1.165) is 6.42 Å². The van der Waals surface area contributed by atoms with Gasteiger partial charge < -0.3 is 0 Å². The third-order valence-corrected chi connectivity index (χ3v) is 2.82. The lowest BCUT2D eigenvalue weighted by atomic mass is 9.89. The van der Waals surface area contributed by atoms with Crippen molar-refractivity contribution >= 4 is 0 Å². The van der Waals surface area contributed by atoms with Crippen molar-refractivity contribution in [1.82, 2.24) is 4.90 Å².